The molecule has 1 heterocycles. The second-order valence-corrected chi connectivity index (χ2v) is 8.15. The minimum atomic E-state index is -2.83. The van der Waals surface area contributed by atoms with Crippen LogP contribution >= 0.6 is 0 Å². The lowest BCUT2D eigenvalue weighted by Gasteiger charge is -2.39. The molecule has 1 N–H and O–H groups in total. The number of sulfone groups is 1. The Morgan fingerprint density at radius 2 is 2.00 bits per heavy atom. The van der Waals surface area contributed by atoms with Crippen LogP contribution in [-0.2, 0) is 9.84 Å². The Kier molecular flexibility index (Phi) is 6.73. The highest BCUT2D eigenvalue weighted by Gasteiger charge is 2.24. The van der Waals surface area contributed by atoms with E-state index in [1.54, 1.807) is 0 Å². The highest BCUT2D eigenvalue weighted by atomic mass is 32.2. The molecule has 0 bridgehead atoms. The minimum absolute atomic E-state index is 0.297. The van der Waals surface area contributed by atoms with Crippen LogP contribution in [0.4, 0.5) is 0 Å². The van der Waals surface area contributed by atoms with Gasteiger partial charge in [0.05, 0.1) is 0 Å². The van der Waals surface area contributed by atoms with Crippen LogP contribution < -0.4 is 5.32 Å². The molecule has 0 aromatic heterocycles. The first kappa shape index (κ1) is 16.9. The first-order valence-corrected chi connectivity index (χ1v) is 9.11. The summed E-state index contributed by atoms with van der Waals surface area (Å²) >= 11 is 0. The quantitative estimate of drug-likeness (QED) is 0.717. The average Bonchev–Trinajstić information content (AvgIpc) is 2.30. The SMILES string of the molecule is CNC(CCCS(C)(=O)=O)CC1CN(C)CCN1C. The normalized spacial score (nSPS) is 24.5. The fourth-order valence-electron chi connectivity index (χ4n) is 2.66. The Bertz CT molecular complexity index is 359. The van der Waals surface area contributed by atoms with Gasteiger partial charge in [0, 0.05) is 43.7 Å². The van der Waals surface area contributed by atoms with Crippen LogP contribution in [0.3, 0.4) is 0 Å². The summed E-state index contributed by atoms with van der Waals surface area (Å²) < 4.78 is 22.3. The topological polar surface area (TPSA) is 52.7 Å². The van der Waals surface area contributed by atoms with Gasteiger partial charge in [0.1, 0.15) is 9.84 Å². The van der Waals surface area contributed by atoms with E-state index in [1.165, 1.54) is 6.26 Å². The first-order chi connectivity index (χ1) is 8.81. The van der Waals surface area contributed by atoms with Crippen molar-refractivity contribution < 1.29 is 8.42 Å². The van der Waals surface area contributed by atoms with Crippen molar-refractivity contribution in [3.05, 3.63) is 0 Å². The fraction of sp³-hybridized carbons (Fsp3) is 1.00. The van der Waals surface area contributed by atoms with Crippen LogP contribution in [0.1, 0.15) is 19.3 Å². The molecule has 0 amide bonds. The summed E-state index contributed by atoms with van der Waals surface area (Å²) in [5, 5.41) is 3.33. The number of nitrogens with one attached hydrogen (secondary N) is 1. The van der Waals surface area contributed by atoms with Gasteiger partial charge in [0.25, 0.3) is 0 Å². The summed E-state index contributed by atoms with van der Waals surface area (Å²) in [6.45, 7) is 3.34. The second-order valence-electron chi connectivity index (χ2n) is 5.89. The van der Waals surface area contributed by atoms with Crippen LogP contribution in [0.25, 0.3) is 0 Å². The van der Waals surface area contributed by atoms with Gasteiger partial charge in [-0.05, 0) is 40.4 Å². The van der Waals surface area contributed by atoms with Crippen LogP contribution in [-0.4, -0.2) is 83.1 Å². The lowest BCUT2D eigenvalue weighted by molar-refractivity contribution is 0.101. The van der Waals surface area contributed by atoms with Gasteiger partial charge in [0.2, 0.25) is 0 Å². The van der Waals surface area contributed by atoms with Gasteiger partial charge in [0.15, 0.2) is 0 Å². The van der Waals surface area contributed by atoms with E-state index < -0.39 is 9.84 Å². The van der Waals surface area contributed by atoms with Gasteiger partial charge >= 0.3 is 0 Å². The molecule has 1 aliphatic rings. The van der Waals surface area contributed by atoms with Gasteiger partial charge in [-0.15, -0.1) is 0 Å². The van der Waals surface area contributed by atoms with Crippen LogP contribution in [0, 0.1) is 0 Å². The maximum absolute atomic E-state index is 11.2. The maximum Gasteiger partial charge on any atom is 0.147 e. The molecule has 0 radical (unpaired) electrons. The summed E-state index contributed by atoms with van der Waals surface area (Å²) in [4.78, 5) is 4.79. The zero-order valence-electron chi connectivity index (χ0n) is 12.7. The van der Waals surface area contributed by atoms with Crippen LogP contribution in [0.5, 0.6) is 0 Å². The molecule has 1 saturated heterocycles. The minimum Gasteiger partial charge on any atom is -0.317 e. The molecule has 1 aliphatic heterocycles. The lowest BCUT2D eigenvalue weighted by atomic mass is 10.00. The molecule has 0 spiro atoms. The monoisotopic (exact) mass is 291 g/mol. The predicted octanol–water partition coefficient (Wildman–Crippen LogP) is 0.0351. The van der Waals surface area contributed by atoms with Crippen molar-refractivity contribution in [2.24, 2.45) is 0 Å². The summed E-state index contributed by atoms with van der Waals surface area (Å²) in [6.07, 6.45) is 4.07. The maximum atomic E-state index is 11.2. The average molecular weight is 291 g/mol. The molecule has 0 aromatic carbocycles. The third-order valence-electron chi connectivity index (χ3n) is 4.01. The standard InChI is InChI=1S/C13H29N3O2S/c1-14-12(6-5-9-19(4,17)18)10-13-11-15(2)7-8-16(13)3/h12-14H,5-11H2,1-4H3. The largest absolute Gasteiger partial charge is 0.317 e. The van der Waals surface area contributed by atoms with Gasteiger partial charge < -0.3 is 15.1 Å². The molecule has 19 heavy (non-hydrogen) atoms. The molecule has 2 atom stereocenters. The van der Waals surface area contributed by atoms with Gasteiger partial charge in [-0.2, -0.15) is 0 Å². The highest BCUT2D eigenvalue weighted by molar-refractivity contribution is 7.90. The van der Waals surface area contributed by atoms with E-state index in [-0.39, 0.29) is 0 Å². The number of likely N-dealkylation sites (N-methyl/N-ethyl adjacent to an activating group) is 2. The molecule has 1 rings (SSSR count). The molecule has 2 unspecified atom stereocenters. The third-order valence-corrected chi connectivity index (χ3v) is 5.04. The predicted molar refractivity (Wildman–Crippen MR) is 80.3 cm³/mol. The molecule has 0 saturated carbocycles. The Morgan fingerprint density at radius 3 is 2.58 bits per heavy atom. The summed E-state index contributed by atoms with van der Waals surface area (Å²) in [7, 11) is 3.49. The Hall–Kier alpha value is -0.170. The summed E-state index contributed by atoms with van der Waals surface area (Å²) in [6, 6.07) is 0.968. The smallest absolute Gasteiger partial charge is 0.147 e. The zero-order valence-corrected chi connectivity index (χ0v) is 13.5. The van der Waals surface area contributed by atoms with E-state index in [1.807, 2.05) is 7.05 Å². The van der Waals surface area contributed by atoms with Crippen molar-refractivity contribution in [1.82, 2.24) is 15.1 Å². The number of piperazine rings is 1. The van der Waals surface area contributed by atoms with Gasteiger partial charge in [-0.3, -0.25) is 0 Å². The van der Waals surface area contributed by atoms with Gasteiger partial charge in [-0.25, -0.2) is 8.42 Å². The first-order valence-electron chi connectivity index (χ1n) is 7.05. The van der Waals surface area contributed by atoms with Crippen LogP contribution in [0.2, 0.25) is 0 Å². The van der Waals surface area contributed by atoms with E-state index in [0.29, 0.717) is 17.8 Å². The van der Waals surface area contributed by atoms with E-state index in [9.17, 15) is 8.42 Å². The Morgan fingerprint density at radius 1 is 1.32 bits per heavy atom. The third kappa shape index (κ3) is 6.70. The molecular formula is C13H29N3O2S. The van der Waals surface area contributed by atoms with Crippen molar-refractivity contribution in [3.63, 3.8) is 0 Å². The van der Waals surface area contributed by atoms with E-state index in [0.717, 1.165) is 38.9 Å². The molecule has 5 nitrogen and oxygen atoms in total. The zero-order chi connectivity index (χ0) is 14.5. The van der Waals surface area contributed by atoms with Crippen molar-refractivity contribution in [3.8, 4) is 0 Å². The number of rotatable bonds is 7. The second kappa shape index (κ2) is 7.57. The van der Waals surface area contributed by atoms with E-state index >= 15 is 0 Å². The van der Waals surface area contributed by atoms with E-state index in [4.69, 9.17) is 0 Å². The Labute approximate surface area is 118 Å². The van der Waals surface area contributed by atoms with Crippen molar-refractivity contribution in [2.75, 3.05) is 52.8 Å². The van der Waals surface area contributed by atoms with Crippen molar-refractivity contribution in [2.45, 2.75) is 31.3 Å². The molecule has 0 aliphatic carbocycles. The van der Waals surface area contributed by atoms with Gasteiger partial charge in [-0.1, -0.05) is 0 Å². The summed E-state index contributed by atoms with van der Waals surface area (Å²) in [5.74, 6) is 0.297. The summed E-state index contributed by atoms with van der Waals surface area (Å²) in [5.41, 5.74) is 0. The highest BCUT2D eigenvalue weighted by Crippen LogP contribution is 2.14. The molecule has 114 valence electrons. The van der Waals surface area contributed by atoms with E-state index in [2.05, 4.69) is 29.2 Å². The van der Waals surface area contributed by atoms with Crippen molar-refractivity contribution in [1.29, 1.82) is 0 Å². The molecular weight excluding hydrogens is 262 g/mol. The molecule has 1 fully saturated rings. The number of hydrogen-bond acceptors (Lipinski definition) is 5. The molecule has 0 aromatic rings. The van der Waals surface area contributed by atoms with Crippen molar-refractivity contribution >= 4 is 9.84 Å². The number of hydrogen-bond donors (Lipinski definition) is 1. The fourth-order valence-corrected chi connectivity index (χ4v) is 3.35. The molecule has 6 heteroatoms. The van der Waals surface area contributed by atoms with Crippen LogP contribution in [0.15, 0.2) is 0 Å². The lowest BCUT2D eigenvalue weighted by Crippen LogP contribution is -2.52. The number of nitrogens with zero attached hydrogens (tertiary/aromatic N) is 2. The Balaban J connectivity index is 2.38.